The second-order valence-corrected chi connectivity index (χ2v) is 5.59. The average Bonchev–Trinajstić information content (AvgIpc) is 2.63. The Morgan fingerprint density at radius 2 is 1.92 bits per heavy atom. The summed E-state index contributed by atoms with van der Waals surface area (Å²) in [6, 6.07) is 12.7. The third-order valence-electron chi connectivity index (χ3n) is 3.90. The molecule has 0 unspecified atom stereocenters. The summed E-state index contributed by atoms with van der Waals surface area (Å²) >= 11 is 0. The van der Waals surface area contributed by atoms with Crippen molar-refractivity contribution in [3.63, 3.8) is 0 Å². The highest BCUT2D eigenvalue weighted by Crippen LogP contribution is 2.13. The first-order valence-corrected chi connectivity index (χ1v) is 7.75. The van der Waals surface area contributed by atoms with Crippen molar-refractivity contribution in [3.8, 4) is 5.75 Å². The third-order valence-corrected chi connectivity index (χ3v) is 3.90. The Morgan fingerprint density at radius 1 is 1.16 bits per heavy atom. The van der Waals surface area contributed by atoms with Crippen LogP contribution in [-0.4, -0.2) is 17.6 Å². The van der Waals surface area contributed by atoms with Crippen molar-refractivity contribution in [1.82, 2.24) is 9.88 Å². The van der Waals surface area contributed by atoms with E-state index in [9.17, 15) is 14.0 Å². The fourth-order valence-corrected chi connectivity index (χ4v) is 2.58. The van der Waals surface area contributed by atoms with E-state index in [1.807, 2.05) is 24.3 Å². The van der Waals surface area contributed by atoms with Crippen molar-refractivity contribution >= 4 is 16.8 Å². The lowest BCUT2D eigenvalue weighted by Gasteiger charge is -2.11. The molecule has 3 rings (SSSR count). The molecule has 0 fully saturated rings. The van der Waals surface area contributed by atoms with Gasteiger partial charge < -0.3 is 14.6 Å². The number of benzene rings is 2. The first-order chi connectivity index (χ1) is 12.1. The van der Waals surface area contributed by atoms with Crippen molar-refractivity contribution in [1.29, 1.82) is 0 Å². The minimum Gasteiger partial charge on any atom is -0.497 e. The summed E-state index contributed by atoms with van der Waals surface area (Å²) in [6.07, 6.45) is 1.54. The van der Waals surface area contributed by atoms with Crippen LogP contribution in [0.1, 0.15) is 5.56 Å². The van der Waals surface area contributed by atoms with Gasteiger partial charge in [0.05, 0.1) is 12.6 Å². The van der Waals surface area contributed by atoms with E-state index >= 15 is 0 Å². The minimum atomic E-state index is -0.480. The average molecular weight is 340 g/mol. The summed E-state index contributed by atoms with van der Waals surface area (Å²) in [7, 11) is 1.59. The maximum Gasteiger partial charge on any atom is 0.240 e. The largest absolute Gasteiger partial charge is 0.497 e. The number of nitrogens with zero attached hydrogens (tertiary/aromatic N) is 1. The van der Waals surface area contributed by atoms with Gasteiger partial charge in [-0.05, 0) is 35.9 Å². The Bertz CT molecular complexity index is 965. The van der Waals surface area contributed by atoms with Crippen molar-refractivity contribution in [2.45, 2.75) is 13.1 Å². The first kappa shape index (κ1) is 16.7. The van der Waals surface area contributed by atoms with Crippen molar-refractivity contribution < 1.29 is 13.9 Å². The molecule has 0 aliphatic heterocycles. The second kappa shape index (κ2) is 7.17. The molecule has 1 aromatic heterocycles. The summed E-state index contributed by atoms with van der Waals surface area (Å²) in [5.41, 5.74) is 1.19. The molecule has 6 heteroatoms. The minimum absolute atomic E-state index is 0.0402. The molecule has 0 bridgehead atoms. The molecule has 0 spiro atoms. The number of carbonyl (C=O) groups excluding carboxylic acids is 1. The fraction of sp³-hybridized carbons (Fsp3) is 0.158. The first-order valence-electron chi connectivity index (χ1n) is 7.75. The van der Waals surface area contributed by atoms with Crippen LogP contribution in [0.2, 0.25) is 0 Å². The predicted molar refractivity (Wildman–Crippen MR) is 93.0 cm³/mol. The quantitative estimate of drug-likeness (QED) is 0.776. The van der Waals surface area contributed by atoms with Crippen LogP contribution in [0.15, 0.2) is 59.5 Å². The van der Waals surface area contributed by atoms with Crippen LogP contribution >= 0.6 is 0 Å². The standard InChI is InChI=1S/C19H17FN2O3/c1-25-15-5-2-13(3-6-15)11-21-19(24)12-22-9-8-18(23)16-10-14(20)4-7-17(16)22/h2-10H,11-12H2,1H3,(H,21,24). The Kier molecular flexibility index (Phi) is 4.79. The molecule has 0 radical (unpaired) electrons. The van der Waals surface area contributed by atoms with E-state index in [1.165, 1.54) is 30.5 Å². The van der Waals surface area contributed by atoms with Crippen LogP contribution < -0.4 is 15.5 Å². The van der Waals surface area contributed by atoms with Gasteiger partial charge in [0, 0.05) is 24.2 Å². The molecule has 128 valence electrons. The van der Waals surface area contributed by atoms with Gasteiger partial charge in [-0.3, -0.25) is 9.59 Å². The molecule has 1 N–H and O–H groups in total. The molecule has 3 aromatic rings. The van der Waals surface area contributed by atoms with Crippen molar-refractivity contribution in [2.75, 3.05) is 7.11 Å². The number of hydrogen-bond acceptors (Lipinski definition) is 3. The van der Waals surface area contributed by atoms with E-state index in [4.69, 9.17) is 4.74 Å². The zero-order valence-corrected chi connectivity index (χ0v) is 13.7. The van der Waals surface area contributed by atoms with Crippen LogP contribution in [-0.2, 0) is 17.9 Å². The van der Waals surface area contributed by atoms with Crippen LogP contribution in [0.4, 0.5) is 4.39 Å². The Labute approximate surface area is 143 Å². The summed E-state index contributed by atoms with van der Waals surface area (Å²) in [5.74, 6) is 0.0680. The highest BCUT2D eigenvalue weighted by molar-refractivity contribution is 5.82. The molecule has 0 saturated carbocycles. The molecular weight excluding hydrogens is 323 g/mol. The number of amides is 1. The van der Waals surface area contributed by atoms with Gasteiger partial charge >= 0.3 is 0 Å². The fourth-order valence-electron chi connectivity index (χ4n) is 2.58. The topological polar surface area (TPSA) is 60.3 Å². The van der Waals surface area contributed by atoms with Gasteiger partial charge in [0.25, 0.3) is 0 Å². The van der Waals surface area contributed by atoms with Gasteiger partial charge in [-0.25, -0.2) is 4.39 Å². The van der Waals surface area contributed by atoms with Gasteiger partial charge in [0.2, 0.25) is 5.91 Å². The van der Waals surface area contributed by atoms with E-state index in [0.29, 0.717) is 12.1 Å². The van der Waals surface area contributed by atoms with Crippen LogP contribution in [0.3, 0.4) is 0 Å². The summed E-state index contributed by atoms with van der Waals surface area (Å²) in [6.45, 7) is 0.425. The van der Waals surface area contributed by atoms with Crippen LogP contribution in [0.5, 0.6) is 5.75 Å². The number of pyridine rings is 1. The van der Waals surface area contributed by atoms with E-state index in [-0.39, 0.29) is 23.3 Å². The molecule has 0 atom stereocenters. The Morgan fingerprint density at radius 3 is 2.64 bits per heavy atom. The van der Waals surface area contributed by atoms with Crippen molar-refractivity contribution in [3.05, 3.63) is 76.3 Å². The summed E-state index contributed by atoms with van der Waals surface area (Å²) in [5, 5.41) is 3.08. The molecule has 5 nitrogen and oxygen atoms in total. The van der Waals surface area contributed by atoms with E-state index in [1.54, 1.807) is 11.7 Å². The summed E-state index contributed by atoms with van der Waals surface area (Å²) < 4.78 is 20.1. The van der Waals surface area contributed by atoms with E-state index in [0.717, 1.165) is 11.3 Å². The number of nitrogens with one attached hydrogen (secondary N) is 1. The number of hydrogen-bond donors (Lipinski definition) is 1. The molecule has 1 heterocycles. The normalized spacial score (nSPS) is 10.6. The zero-order chi connectivity index (χ0) is 17.8. The second-order valence-electron chi connectivity index (χ2n) is 5.59. The monoisotopic (exact) mass is 340 g/mol. The smallest absolute Gasteiger partial charge is 0.240 e. The lowest BCUT2D eigenvalue weighted by molar-refractivity contribution is -0.121. The number of aromatic nitrogens is 1. The van der Waals surface area contributed by atoms with Gasteiger partial charge in [0.1, 0.15) is 18.1 Å². The predicted octanol–water partition coefficient (Wildman–Crippen LogP) is 2.47. The summed E-state index contributed by atoms with van der Waals surface area (Å²) in [4.78, 5) is 24.0. The molecule has 0 aliphatic rings. The molecule has 0 aliphatic carbocycles. The zero-order valence-electron chi connectivity index (χ0n) is 13.7. The van der Waals surface area contributed by atoms with Gasteiger partial charge in [0.15, 0.2) is 5.43 Å². The van der Waals surface area contributed by atoms with Gasteiger partial charge in [-0.2, -0.15) is 0 Å². The maximum absolute atomic E-state index is 13.3. The van der Waals surface area contributed by atoms with Gasteiger partial charge in [-0.15, -0.1) is 0 Å². The number of carbonyl (C=O) groups is 1. The Hall–Kier alpha value is -3.15. The molecule has 25 heavy (non-hydrogen) atoms. The SMILES string of the molecule is COc1ccc(CNC(=O)Cn2ccc(=O)c3cc(F)ccc32)cc1. The van der Waals surface area contributed by atoms with Crippen LogP contribution in [0, 0.1) is 5.82 Å². The maximum atomic E-state index is 13.3. The number of fused-ring (bicyclic) bond motifs is 1. The molecular formula is C19H17FN2O3. The molecule has 0 saturated heterocycles. The highest BCUT2D eigenvalue weighted by atomic mass is 19.1. The molecule has 1 amide bonds. The van der Waals surface area contributed by atoms with Gasteiger partial charge in [-0.1, -0.05) is 12.1 Å². The number of ether oxygens (including phenoxy) is 1. The number of halogens is 1. The Balaban J connectivity index is 1.71. The lowest BCUT2D eigenvalue weighted by Crippen LogP contribution is -2.27. The van der Waals surface area contributed by atoms with Crippen LogP contribution in [0.25, 0.3) is 10.9 Å². The lowest BCUT2D eigenvalue weighted by atomic mass is 10.2. The number of rotatable bonds is 5. The van der Waals surface area contributed by atoms with E-state index in [2.05, 4.69) is 5.32 Å². The highest BCUT2D eigenvalue weighted by Gasteiger charge is 2.08. The number of methoxy groups -OCH3 is 1. The third kappa shape index (κ3) is 3.85. The molecule has 2 aromatic carbocycles. The van der Waals surface area contributed by atoms with Crippen molar-refractivity contribution in [2.24, 2.45) is 0 Å². The van der Waals surface area contributed by atoms with E-state index < -0.39 is 5.82 Å².